The van der Waals surface area contributed by atoms with Crippen molar-refractivity contribution in [2.24, 2.45) is 5.92 Å². The molecule has 3 aromatic rings. The minimum atomic E-state index is -3.83. The summed E-state index contributed by atoms with van der Waals surface area (Å²) in [6, 6.07) is 10.6. The van der Waals surface area contributed by atoms with Gasteiger partial charge in [0.15, 0.2) is 0 Å². The maximum atomic E-state index is 13.6. The maximum absolute atomic E-state index is 13.6. The van der Waals surface area contributed by atoms with E-state index in [-0.39, 0.29) is 17.3 Å². The first-order chi connectivity index (χ1) is 16.2. The molecular formula is C24H28N4O5S. The van der Waals surface area contributed by atoms with E-state index in [9.17, 15) is 13.2 Å². The lowest BCUT2D eigenvalue weighted by Crippen LogP contribution is -2.43. The predicted molar refractivity (Wildman–Crippen MR) is 127 cm³/mol. The van der Waals surface area contributed by atoms with Gasteiger partial charge in [-0.3, -0.25) is 4.79 Å². The second kappa shape index (κ2) is 9.55. The summed E-state index contributed by atoms with van der Waals surface area (Å²) in [5.74, 6) is 0.587. The van der Waals surface area contributed by atoms with Crippen LogP contribution < -0.4 is 10.1 Å². The molecule has 2 heterocycles. The van der Waals surface area contributed by atoms with E-state index in [1.54, 1.807) is 45.2 Å². The normalized spacial score (nSPS) is 16.9. The Morgan fingerprint density at radius 2 is 1.97 bits per heavy atom. The van der Waals surface area contributed by atoms with E-state index in [4.69, 9.17) is 9.26 Å². The number of ether oxygens (including phenoxy) is 1. The van der Waals surface area contributed by atoms with Crippen LogP contribution in [0.15, 0.2) is 45.8 Å². The second-order valence-electron chi connectivity index (χ2n) is 8.51. The monoisotopic (exact) mass is 484 g/mol. The molecule has 1 N–H and O–H groups in total. The van der Waals surface area contributed by atoms with Crippen molar-refractivity contribution in [1.29, 1.82) is 0 Å². The predicted octanol–water partition coefficient (Wildman–Crippen LogP) is 3.71. The molecule has 0 unspecified atom stereocenters. The topological polar surface area (TPSA) is 115 Å². The lowest BCUT2D eigenvalue weighted by atomic mass is 9.98. The van der Waals surface area contributed by atoms with Crippen LogP contribution in [0.2, 0.25) is 0 Å². The summed E-state index contributed by atoms with van der Waals surface area (Å²) in [5, 5.41) is 6.80. The van der Waals surface area contributed by atoms with Gasteiger partial charge in [0, 0.05) is 25.6 Å². The van der Waals surface area contributed by atoms with Crippen LogP contribution in [0.3, 0.4) is 0 Å². The van der Waals surface area contributed by atoms with Crippen molar-refractivity contribution in [3.63, 3.8) is 0 Å². The maximum Gasteiger partial charge on any atom is 0.243 e. The largest absolute Gasteiger partial charge is 0.495 e. The molecule has 4 rings (SSSR count). The second-order valence-corrected chi connectivity index (χ2v) is 10.4. The van der Waals surface area contributed by atoms with Gasteiger partial charge in [0.05, 0.1) is 23.6 Å². The van der Waals surface area contributed by atoms with Gasteiger partial charge in [-0.25, -0.2) is 8.42 Å². The van der Waals surface area contributed by atoms with E-state index < -0.39 is 15.9 Å². The lowest BCUT2D eigenvalue weighted by molar-refractivity contribution is -0.120. The Balaban J connectivity index is 1.56. The number of hydrogen-bond donors (Lipinski definition) is 1. The van der Waals surface area contributed by atoms with Crippen LogP contribution in [0.5, 0.6) is 5.75 Å². The van der Waals surface area contributed by atoms with Crippen LogP contribution in [-0.2, 0) is 14.8 Å². The lowest BCUT2D eigenvalue weighted by Gasteiger charge is -2.31. The van der Waals surface area contributed by atoms with Gasteiger partial charge in [-0.2, -0.15) is 9.29 Å². The average molecular weight is 485 g/mol. The van der Waals surface area contributed by atoms with Crippen LogP contribution in [-0.4, -0.2) is 49.0 Å². The van der Waals surface area contributed by atoms with Crippen LogP contribution in [0, 0.1) is 26.7 Å². The van der Waals surface area contributed by atoms with Crippen molar-refractivity contribution in [2.75, 3.05) is 25.5 Å². The number of carbonyl (C=O) groups is 1. The van der Waals surface area contributed by atoms with Crippen LogP contribution in [0.25, 0.3) is 11.4 Å². The van der Waals surface area contributed by atoms with Gasteiger partial charge >= 0.3 is 0 Å². The van der Waals surface area contributed by atoms with Gasteiger partial charge < -0.3 is 14.6 Å². The molecule has 1 atom stereocenters. The van der Waals surface area contributed by atoms with Crippen LogP contribution in [0.4, 0.5) is 5.69 Å². The quantitative estimate of drug-likeness (QED) is 0.567. The van der Waals surface area contributed by atoms with Crippen molar-refractivity contribution < 1.29 is 22.5 Å². The van der Waals surface area contributed by atoms with Crippen LogP contribution >= 0.6 is 0 Å². The number of nitrogens with zero attached hydrogens (tertiary/aromatic N) is 3. The van der Waals surface area contributed by atoms with Gasteiger partial charge in [-0.1, -0.05) is 23.4 Å². The highest BCUT2D eigenvalue weighted by molar-refractivity contribution is 7.89. The molecule has 1 fully saturated rings. The summed E-state index contributed by atoms with van der Waals surface area (Å²) in [7, 11) is -2.29. The van der Waals surface area contributed by atoms with E-state index in [0.29, 0.717) is 53.7 Å². The minimum absolute atomic E-state index is 0.104. The Morgan fingerprint density at radius 1 is 1.18 bits per heavy atom. The van der Waals surface area contributed by atoms with E-state index in [0.717, 1.165) is 5.56 Å². The SMILES string of the molecule is COc1ccc(C)cc1NC(=O)[C@H]1CCCN(S(=O)(=O)c2cc(-c3noc(C)n3)ccc2C)C1. The summed E-state index contributed by atoms with van der Waals surface area (Å²) < 4.78 is 38.9. The minimum Gasteiger partial charge on any atom is -0.495 e. The number of nitrogens with one attached hydrogen (secondary N) is 1. The molecular weight excluding hydrogens is 456 g/mol. The number of hydrogen-bond acceptors (Lipinski definition) is 7. The van der Waals surface area contributed by atoms with Crippen molar-refractivity contribution in [1.82, 2.24) is 14.4 Å². The molecule has 0 aliphatic carbocycles. The van der Waals surface area contributed by atoms with E-state index in [1.165, 1.54) is 4.31 Å². The number of benzene rings is 2. The molecule has 0 saturated carbocycles. The fourth-order valence-corrected chi connectivity index (χ4v) is 5.88. The van der Waals surface area contributed by atoms with E-state index in [1.807, 2.05) is 19.1 Å². The molecule has 1 aromatic heterocycles. The highest BCUT2D eigenvalue weighted by Gasteiger charge is 2.34. The summed E-state index contributed by atoms with van der Waals surface area (Å²) >= 11 is 0. The number of sulfonamides is 1. The van der Waals surface area contributed by atoms with Crippen molar-refractivity contribution in [2.45, 2.75) is 38.5 Å². The smallest absolute Gasteiger partial charge is 0.243 e. The van der Waals surface area contributed by atoms with E-state index in [2.05, 4.69) is 15.5 Å². The molecule has 180 valence electrons. The number of anilines is 1. The Morgan fingerprint density at radius 3 is 2.68 bits per heavy atom. The van der Waals surface area contributed by atoms with Gasteiger partial charge in [0.1, 0.15) is 5.75 Å². The molecule has 1 aliphatic rings. The number of aryl methyl sites for hydroxylation is 3. The Kier molecular flexibility index (Phi) is 6.72. The zero-order chi connectivity index (χ0) is 24.5. The fourth-order valence-electron chi connectivity index (χ4n) is 4.10. The summed E-state index contributed by atoms with van der Waals surface area (Å²) in [4.78, 5) is 17.4. The first-order valence-corrected chi connectivity index (χ1v) is 12.5. The number of rotatable bonds is 6. The molecule has 10 heteroatoms. The van der Waals surface area contributed by atoms with Crippen molar-refractivity contribution in [3.05, 3.63) is 53.4 Å². The fraction of sp³-hybridized carbons (Fsp3) is 0.375. The number of methoxy groups -OCH3 is 1. The third kappa shape index (κ3) is 4.83. The molecule has 0 spiro atoms. The van der Waals surface area contributed by atoms with Gasteiger partial charge in [0.25, 0.3) is 0 Å². The third-order valence-electron chi connectivity index (χ3n) is 5.96. The highest BCUT2D eigenvalue weighted by atomic mass is 32.2. The average Bonchev–Trinajstić information content (AvgIpc) is 3.25. The standard InChI is InChI=1S/C24H28N4O5S/c1-15-7-10-21(32-4)20(12-15)26-24(29)19-6-5-11-28(14-19)34(30,31)22-13-18(9-8-16(22)2)23-25-17(3)33-27-23/h7-10,12-13,19H,5-6,11,14H2,1-4H3,(H,26,29)/t19-/m0/s1. The molecule has 0 radical (unpaired) electrons. The molecule has 1 aliphatic heterocycles. The number of amides is 1. The first kappa shape index (κ1) is 23.9. The van der Waals surface area contributed by atoms with Gasteiger partial charge in [-0.15, -0.1) is 0 Å². The Bertz CT molecular complexity index is 1320. The first-order valence-electron chi connectivity index (χ1n) is 11.1. The zero-order valence-electron chi connectivity index (χ0n) is 19.7. The Hall–Kier alpha value is -3.24. The summed E-state index contributed by atoms with van der Waals surface area (Å²) in [5.41, 5.74) is 2.72. The third-order valence-corrected chi connectivity index (χ3v) is 7.97. The summed E-state index contributed by atoms with van der Waals surface area (Å²) in [6.45, 7) is 5.80. The van der Waals surface area contributed by atoms with Gasteiger partial charge in [-0.05, 0) is 56.0 Å². The number of piperidine rings is 1. The molecule has 9 nitrogen and oxygen atoms in total. The molecule has 0 bridgehead atoms. The summed E-state index contributed by atoms with van der Waals surface area (Å²) in [6.07, 6.45) is 1.19. The molecule has 1 amide bonds. The van der Waals surface area contributed by atoms with Crippen molar-refractivity contribution in [3.8, 4) is 17.1 Å². The molecule has 1 saturated heterocycles. The van der Waals surface area contributed by atoms with Crippen molar-refractivity contribution >= 4 is 21.6 Å². The Labute approximate surface area is 199 Å². The van der Waals surface area contributed by atoms with E-state index >= 15 is 0 Å². The zero-order valence-corrected chi connectivity index (χ0v) is 20.5. The van der Waals surface area contributed by atoms with Gasteiger partial charge in [0.2, 0.25) is 27.6 Å². The van der Waals surface area contributed by atoms with Crippen LogP contribution in [0.1, 0.15) is 29.9 Å². The number of carbonyl (C=O) groups excluding carboxylic acids is 1. The molecule has 34 heavy (non-hydrogen) atoms. The molecule has 2 aromatic carbocycles. The number of aromatic nitrogens is 2. The highest BCUT2D eigenvalue weighted by Crippen LogP contribution is 2.30.